The van der Waals surface area contributed by atoms with E-state index in [1.807, 2.05) is 12.1 Å². The maximum atomic E-state index is 2.36. The summed E-state index contributed by atoms with van der Waals surface area (Å²) in [5.41, 5.74) is 41.3. The van der Waals surface area contributed by atoms with E-state index < -0.39 is 0 Å². The van der Waals surface area contributed by atoms with Crippen LogP contribution in [0.3, 0.4) is 0 Å². The molecule has 1 aromatic heterocycles. The van der Waals surface area contributed by atoms with Crippen LogP contribution in [0.1, 0.15) is 106 Å². The molecule has 2 nitrogen and oxygen atoms in total. The van der Waals surface area contributed by atoms with Gasteiger partial charge in [0, 0.05) is 33.5 Å². The van der Waals surface area contributed by atoms with E-state index in [9.17, 15) is 0 Å². The topological polar surface area (TPSA) is 8.17 Å². The summed E-state index contributed by atoms with van der Waals surface area (Å²) in [6.45, 7) is 41.6. The van der Waals surface area contributed by atoms with Gasteiger partial charge in [-0.05, 0) is 391 Å². The molecule has 0 radical (unpaired) electrons. The van der Waals surface area contributed by atoms with Gasteiger partial charge in [-0.1, -0.05) is 303 Å². The molecule has 20 aromatic rings. The Morgan fingerprint density at radius 3 is 1.17 bits per heavy atom. The molecule has 0 saturated heterocycles. The molecule has 0 saturated carbocycles. The molecule has 0 bridgehead atoms. The Bertz CT molecular complexity index is 7090. The molecule has 620 valence electrons. The average molecular weight is 1620 g/mol. The van der Waals surface area contributed by atoms with Gasteiger partial charge in [-0.2, -0.15) is 0 Å². The SMILES string of the molecule is Cc1cc(-c2ccc3ccccc3c2)cc(C)c1C.Cc1cc(-c2cccc3ccccc23)cc(C)c1C.Cc1cc2c(c(C)cc3ccccc32)c(C)c1C.Cc1ccc(-c2ccccc2)c(C)c1C.Cc1ccc(-n2c3ccccc3c3ccccc32)cc1C.Cc1ccc(N(c2ccccc2)c2ccccc2)cc1C.Cc1ccc2ccccc2c1C. The highest BCUT2D eigenvalue weighted by Crippen LogP contribution is 2.39. The normalized spacial score (nSPS) is 10.8. The van der Waals surface area contributed by atoms with Crippen LogP contribution in [0, 0.1) is 132 Å². The zero-order valence-corrected chi connectivity index (χ0v) is 76.6. The van der Waals surface area contributed by atoms with Crippen LogP contribution < -0.4 is 4.90 Å². The lowest BCUT2D eigenvalue weighted by atomic mass is 9.90. The van der Waals surface area contributed by atoms with E-state index in [1.165, 1.54) is 238 Å². The van der Waals surface area contributed by atoms with Crippen LogP contribution in [0.5, 0.6) is 0 Å². The first-order valence-corrected chi connectivity index (χ1v) is 44.0. The Morgan fingerprint density at radius 2 is 0.592 bits per heavy atom. The van der Waals surface area contributed by atoms with Gasteiger partial charge in [0.05, 0.1) is 11.0 Å². The minimum absolute atomic E-state index is 1.17. The zero-order valence-electron chi connectivity index (χ0n) is 76.6. The van der Waals surface area contributed by atoms with E-state index >= 15 is 0 Å². The summed E-state index contributed by atoms with van der Waals surface area (Å²) in [5.74, 6) is 0. The molecule has 0 aliphatic carbocycles. The van der Waals surface area contributed by atoms with E-state index in [1.54, 1.807) is 0 Å². The number of anilines is 3. The van der Waals surface area contributed by atoms with Crippen LogP contribution in [0.4, 0.5) is 17.1 Å². The van der Waals surface area contributed by atoms with E-state index in [2.05, 4.69) is 499 Å². The second-order valence-corrected chi connectivity index (χ2v) is 34.0. The van der Waals surface area contributed by atoms with Gasteiger partial charge < -0.3 is 9.47 Å². The van der Waals surface area contributed by atoms with Gasteiger partial charge in [-0.15, -0.1) is 0 Å². The largest absolute Gasteiger partial charge is 0.310 e. The molecule has 0 fully saturated rings. The highest BCUT2D eigenvalue weighted by atomic mass is 15.1. The van der Waals surface area contributed by atoms with Crippen molar-refractivity contribution in [3.8, 4) is 39.1 Å². The summed E-state index contributed by atoms with van der Waals surface area (Å²) in [5, 5.41) is 16.1. The van der Waals surface area contributed by atoms with E-state index in [4.69, 9.17) is 0 Å². The fourth-order valence-corrected chi connectivity index (χ4v) is 17.2. The van der Waals surface area contributed by atoms with Crippen LogP contribution in [-0.4, -0.2) is 4.57 Å². The minimum Gasteiger partial charge on any atom is -0.310 e. The van der Waals surface area contributed by atoms with Crippen molar-refractivity contribution in [3.05, 3.63) is 476 Å². The first-order valence-electron chi connectivity index (χ1n) is 44.0. The lowest BCUT2D eigenvalue weighted by Crippen LogP contribution is -2.09. The van der Waals surface area contributed by atoms with Gasteiger partial charge in [-0.3, -0.25) is 0 Å². The number of nitrogens with zero attached hydrogens (tertiary/aromatic N) is 2. The molecular formula is C123H118N2. The number of rotatable bonds is 7. The maximum absolute atomic E-state index is 2.36. The van der Waals surface area contributed by atoms with Gasteiger partial charge in [0.25, 0.3) is 0 Å². The third kappa shape index (κ3) is 19.8. The predicted molar refractivity (Wildman–Crippen MR) is 548 cm³/mol. The minimum atomic E-state index is 1.17. The van der Waals surface area contributed by atoms with Gasteiger partial charge in [0.2, 0.25) is 0 Å². The molecule has 0 atom stereocenters. The molecule has 19 aromatic carbocycles. The molecule has 0 unspecified atom stereocenters. The Kier molecular flexibility index (Phi) is 27.6. The summed E-state index contributed by atoms with van der Waals surface area (Å²) in [4.78, 5) is 2.28. The predicted octanol–water partition coefficient (Wildman–Crippen LogP) is 35.0. The second kappa shape index (κ2) is 39.5. The van der Waals surface area contributed by atoms with Crippen LogP contribution in [-0.2, 0) is 0 Å². The second-order valence-electron chi connectivity index (χ2n) is 34.0. The molecule has 0 aliphatic rings. The van der Waals surface area contributed by atoms with E-state index in [0.717, 1.165) is 0 Å². The quantitative estimate of drug-likeness (QED) is 0.144. The van der Waals surface area contributed by atoms with Crippen LogP contribution >= 0.6 is 0 Å². The fourth-order valence-electron chi connectivity index (χ4n) is 17.2. The van der Waals surface area contributed by atoms with Crippen molar-refractivity contribution in [1.82, 2.24) is 4.57 Å². The molecule has 0 N–H and O–H groups in total. The Morgan fingerprint density at radius 1 is 0.168 bits per heavy atom. The average Bonchev–Trinajstić information content (AvgIpc) is 1.72. The lowest BCUT2D eigenvalue weighted by Gasteiger charge is -2.26. The van der Waals surface area contributed by atoms with Crippen LogP contribution in [0.2, 0.25) is 0 Å². The lowest BCUT2D eigenvalue weighted by molar-refractivity contribution is 1.16. The number of benzene rings is 19. The summed E-state index contributed by atoms with van der Waals surface area (Å²) in [6, 6.07) is 132. The van der Waals surface area contributed by atoms with E-state index in [-0.39, 0.29) is 0 Å². The van der Waals surface area contributed by atoms with Crippen molar-refractivity contribution in [1.29, 1.82) is 0 Å². The summed E-state index contributed by atoms with van der Waals surface area (Å²) in [7, 11) is 0. The Balaban J connectivity index is 0.000000119. The third-order valence-electron chi connectivity index (χ3n) is 25.9. The molecule has 0 aliphatic heterocycles. The molecule has 1 heterocycles. The Labute approximate surface area is 743 Å². The summed E-state index contributed by atoms with van der Waals surface area (Å²) < 4.78 is 2.36. The van der Waals surface area contributed by atoms with Crippen molar-refractivity contribution in [2.75, 3.05) is 4.90 Å². The number of fused-ring (bicyclic) bond motifs is 9. The van der Waals surface area contributed by atoms with E-state index in [0.29, 0.717) is 0 Å². The van der Waals surface area contributed by atoms with Gasteiger partial charge in [0.15, 0.2) is 0 Å². The van der Waals surface area contributed by atoms with Crippen molar-refractivity contribution < 1.29 is 0 Å². The van der Waals surface area contributed by atoms with Gasteiger partial charge in [-0.25, -0.2) is 0 Å². The zero-order chi connectivity index (χ0) is 88.1. The van der Waals surface area contributed by atoms with Gasteiger partial charge in [0.1, 0.15) is 0 Å². The van der Waals surface area contributed by atoms with Crippen LogP contribution in [0.15, 0.2) is 370 Å². The van der Waals surface area contributed by atoms with Crippen molar-refractivity contribution in [2.45, 2.75) is 132 Å². The number of para-hydroxylation sites is 4. The van der Waals surface area contributed by atoms with Crippen molar-refractivity contribution in [2.24, 2.45) is 0 Å². The standard InChI is InChI=1S/C20H17N.C20H19N.2C19H18.C18H18.C15H16.C12H12/c1-14-11-12-16(13-15(14)2)21-19-9-5-3-7-17(19)18-8-4-6-10-20(18)21;1-16-13-14-20(15-17(16)2)21(18-9-5-3-6-10-18)19-11-7-4-8-12-19;1-13-11-17(12-14(2)15(13)3)19-10-6-8-16-7-4-5-9-18(16)19;1-13-10-19(11-14(2)15(13)3)18-9-8-16-6-4-5-7-17(16)12-18;1-11-10-17-16-8-6-5-7-15(16)9-12(2)18(17)14(4)13(11)3;1-11-9-10-15(13(3)12(11)2)14-7-5-4-6-8-14;1-9-7-8-11-5-3-4-6-12(11)10(9)2/h3-13H,1-2H3;3-15H,1-2H3;2*4-12H,1-3H3;5-10H,1-4H3;4-10H,1-3H3;3-8H,1-2H3. The maximum Gasteiger partial charge on any atom is 0.0541 e. The van der Waals surface area contributed by atoms with Gasteiger partial charge >= 0.3 is 0 Å². The molecule has 2 heteroatoms. The molecule has 20 rings (SSSR count). The highest BCUT2D eigenvalue weighted by Gasteiger charge is 2.17. The van der Waals surface area contributed by atoms with Crippen LogP contribution in [0.25, 0.3) is 115 Å². The first kappa shape index (κ1) is 87.4. The monoisotopic (exact) mass is 1620 g/mol. The molecule has 0 amide bonds. The van der Waals surface area contributed by atoms with Crippen molar-refractivity contribution in [3.63, 3.8) is 0 Å². The molecular weight excluding hydrogens is 1510 g/mol. The number of aromatic nitrogens is 1. The highest BCUT2D eigenvalue weighted by molar-refractivity contribution is 6.11. The third-order valence-corrected chi connectivity index (χ3v) is 25.9. The number of hydrogen-bond donors (Lipinski definition) is 0. The van der Waals surface area contributed by atoms with Crippen molar-refractivity contribution >= 4 is 92.7 Å². The summed E-state index contributed by atoms with van der Waals surface area (Å²) >= 11 is 0. The Hall–Kier alpha value is -13.9. The fraction of sp³-hybridized carbons (Fsp3) is 0.154. The molecule has 125 heavy (non-hydrogen) atoms. The first-order chi connectivity index (χ1) is 60.4. The molecule has 0 spiro atoms. The summed E-state index contributed by atoms with van der Waals surface area (Å²) in [6.07, 6.45) is 0. The number of aryl methyl sites for hydroxylation is 14. The number of hydrogen-bond acceptors (Lipinski definition) is 1. The smallest absolute Gasteiger partial charge is 0.0541 e.